The van der Waals surface area contributed by atoms with Crippen molar-refractivity contribution >= 4 is 5.97 Å². The van der Waals surface area contributed by atoms with Crippen LogP contribution in [0, 0.1) is 0 Å². The predicted molar refractivity (Wildman–Crippen MR) is 55.6 cm³/mol. The average molecular weight is 185 g/mol. The van der Waals surface area contributed by atoms with Crippen molar-refractivity contribution in [3.05, 3.63) is 24.9 Å². The Balaban J connectivity index is 0. The molecule has 0 aliphatic carbocycles. The summed E-state index contributed by atoms with van der Waals surface area (Å²) < 4.78 is 0. The molecule has 76 valence electrons. The highest BCUT2D eigenvalue weighted by atomic mass is 16.4. The Morgan fingerprint density at radius 1 is 1.46 bits per heavy atom. The molecule has 0 unspecified atom stereocenters. The lowest BCUT2D eigenvalue weighted by molar-refractivity contribution is -0.132. The van der Waals surface area contributed by atoms with Crippen LogP contribution in [0.15, 0.2) is 24.9 Å². The van der Waals surface area contributed by atoms with Crippen LogP contribution in [0.5, 0.6) is 0 Å². The molecule has 0 fully saturated rings. The van der Waals surface area contributed by atoms with Gasteiger partial charge in [-0.3, -0.25) is 0 Å². The first-order chi connectivity index (χ1) is 5.99. The van der Waals surface area contributed by atoms with Crippen LogP contribution in [0.3, 0.4) is 0 Å². The third-order valence-corrected chi connectivity index (χ3v) is 1.44. The summed E-state index contributed by atoms with van der Waals surface area (Å²) in [6.07, 6.45) is 1.86. The number of carboxylic acid groups (broad SMARTS) is 1. The fourth-order valence-electron chi connectivity index (χ4n) is 0.482. The van der Waals surface area contributed by atoms with Crippen LogP contribution in [0.2, 0.25) is 0 Å². The summed E-state index contributed by atoms with van der Waals surface area (Å²) in [7, 11) is 0. The minimum absolute atomic E-state index is 0.176. The zero-order valence-electron chi connectivity index (χ0n) is 8.71. The van der Waals surface area contributed by atoms with Gasteiger partial charge in [-0.15, -0.1) is 0 Å². The molecule has 0 radical (unpaired) electrons. The molecule has 0 aliphatic rings. The monoisotopic (exact) mass is 185 g/mol. The fourth-order valence-corrected chi connectivity index (χ4v) is 0.482. The minimum atomic E-state index is -0.935. The Kier molecular flexibility index (Phi) is 9.72. The molecule has 0 amide bonds. The summed E-state index contributed by atoms with van der Waals surface area (Å²) in [5.41, 5.74) is 0.176. The van der Waals surface area contributed by atoms with E-state index in [0.29, 0.717) is 0 Å². The maximum Gasteiger partial charge on any atom is 0.330 e. The first-order valence-electron chi connectivity index (χ1n) is 4.24. The number of aliphatic carboxylic acids is 1. The van der Waals surface area contributed by atoms with Gasteiger partial charge < -0.3 is 10.0 Å². The highest BCUT2D eigenvalue weighted by molar-refractivity contribution is 5.84. The van der Waals surface area contributed by atoms with E-state index in [0.717, 1.165) is 13.1 Å². The van der Waals surface area contributed by atoms with E-state index in [4.69, 9.17) is 5.11 Å². The molecular weight excluding hydrogens is 166 g/mol. The van der Waals surface area contributed by atoms with E-state index >= 15 is 0 Å². The van der Waals surface area contributed by atoms with Gasteiger partial charge in [-0.25, -0.2) is 4.79 Å². The maximum atomic E-state index is 9.60. The molecular formula is C10H19NO2. The first-order valence-corrected chi connectivity index (χ1v) is 4.24. The Labute approximate surface area is 80.4 Å². The van der Waals surface area contributed by atoms with Crippen LogP contribution in [0.1, 0.15) is 20.8 Å². The fraction of sp³-hybridized carbons (Fsp3) is 0.500. The van der Waals surface area contributed by atoms with Gasteiger partial charge in [-0.1, -0.05) is 13.2 Å². The van der Waals surface area contributed by atoms with Crippen LogP contribution in [-0.4, -0.2) is 29.1 Å². The van der Waals surface area contributed by atoms with Gasteiger partial charge in [-0.05, 0) is 27.0 Å². The van der Waals surface area contributed by atoms with Crippen molar-refractivity contribution in [1.29, 1.82) is 0 Å². The van der Waals surface area contributed by atoms with Gasteiger partial charge in [0.1, 0.15) is 0 Å². The van der Waals surface area contributed by atoms with Crippen molar-refractivity contribution in [3.8, 4) is 0 Å². The van der Waals surface area contributed by atoms with Gasteiger partial charge in [0.15, 0.2) is 0 Å². The molecule has 0 rings (SSSR count). The third-order valence-electron chi connectivity index (χ3n) is 1.44. The average Bonchev–Trinajstić information content (AvgIpc) is 2.08. The van der Waals surface area contributed by atoms with Gasteiger partial charge in [0.25, 0.3) is 0 Å². The maximum absolute atomic E-state index is 9.60. The van der Waals surface area contributed by atoms with Gasteiger partial charge in [-0.2, -0.15) is 0 Å². The largest absolute Gasteiger partial charge is 0.478 e. The smallest absolute Gasteiger partial charge is 0.330 e. The normalized spacial score (nSPS) is 7.92. The summed E-state index contributed by atoms with van der Waals surface area (Å²) in [6, 6.07) is 0. The van der Waals surface area contributed by atoms with E-state index in [1.54, 1.807) is 0 Å². The second-order valence-corrected chi connectivity index (χ2v) is 2.49. The second kappa shape index (κ2) is 8.84. The summed E-state index contributed by atoms with van der Waals surface area (Å²) in [6.45, 7) is 14.6. The lowest BCUT2D eigenvalue weighted by Gasteiger charge is -2.12. The van der Waals surface area contributed by atoms with E-state index in [9.17, 15) is 4.79 Å². The standard InChI is InChI=1S/C6H13N.C4H6O2/c1-4-7(5-2)6-3;1-3(2)4(5)6/h4H,1,5-6H2,2-3H3;1H2,2H3,(H,5,6). The SMILES string of the molecule is C=C(C)C(=O)O.C=CN(CC)CC. The number of nitrogens with zero attached hydrogens (tertiary/aromatic N) is 1. The van der Waals surface area contributed by atoms with Gasteiger partial charge in [0.2, 0.25) is 0 Å². The Morgan fingerprint density at radius 2 is 1.77 bits per heavy atom. The lowest BCUT2D eigenvalue weighted by Crippen LogP contribution is -2.14. The van der Waals surface area contributed by atoms with Crippen molar-refractivity contribution in [2.24, 2.45) is 0 Å². The van der Waals surface area contributed by atoms with Crippen molar-refractivity contribution in [1.82, 2.24) is 4.90 Å². The van der Waals surface area contributed by atoms with Gasteiger partial charge in [0, 0.05) is 18.7 Å². The van der Waals surface area contributed by atoms with E-state index in [2.05, 4.69) is 31.9 Å². The molecule has 0 aromatic heterocycles. The Bertz CT molecular complexity index is 160. The lowest BCUT2D eigenvalue weighted by atomic mass is 10.4. The number of hydrogen-bond acceptors (Lipinski definition) is 2. The van der Waals surface area contributed by atoms with Crippen LogP contribution >= 0.6 is 0 Å². The molecule has 0 aromatic carbocycles. The molecule has 3 heteroatoms. The molecule has 0 heterocycles. The van der Waals surface area contributed by atoms with Gasteiger partial charge >= 0.3 is 5.97 Å². The Hall–Kier alpha value is -1.25. The molecule has 0 aromatic rings. The van der Waals surface area contributed by atoms with Gasteiger partial charge in [0.05, 0.1) is 0 Å². The van der Waals surface area contributed by atoms with Crippen molar-refractivity contribution in [2.75, 3.05) is 13.1 Å². The molecule has 1 N–H and O–H groups in total. The van der Waals surface area contributed by atoms with Crippen molar-refractivity contribution in [2.45, 2.75) is 20.8 Å². The zero-order chi connectivity index (χ0) is 10.9. The van der Waals surface area contributed by atoms with E-state index < -0.39 is 5.97 Å². The molecule has 13 heavy (non-hydrogen) atoms. The molecule has 0 saturated carbocycles. The molecule has 0 atom stereocenters. The molecule has 0 saturated heterocycles. The highest BCUT2D eigenvalue weighted by Gasteiger charge is 1.90. The summed E-state index contributed by atoms with van der Waals surface area (Å²) >= 11 is 0. The van der Waals surface area contributed by atoms with E-state index in [1.165, 1.54) is 6.92 Å². The molecule has 0 spiro atoms. The topological polar surface area (TPSA) is 40.5 Å². The van der Waals surface area contributed by atoms with Crippen LogP contribution < -0.4 is 0 Å². The number of rotatable bonds is 4. The first kappa shape index (κ1) is 14.3. The highest BCUT2D eigenvalue weighted by Crippen LogP contribution is 1.82. The van der Waals surface area contributed by atoms with E-state index in [-0.39, 0.29) is 5.57 Å². The summed E-state index contributed by atoms with van der Waals surface area (Å²) in [5, 5.41) is 7.89. The van der Waals surface area contributed by atoms with Crippen molar-refractivity contribution in [3.63, 3.8) is 0 Å². The molecule has 0 aliphatic heterocycles. The summed E-state index contributed by atoms with van der Waals surface area (Å²) in [4.78, 5) is 11.7. The molecule has 3 nitrogen and oxygen atoms in total. The quantitative estimate of drug-likeness (QED) is 0.682. The Morgan fingerprint density at radius 3 is 1.77 bits per heavy atom. The van der Waals surface area contributed by atoms with E-state index in [1.807, 2.05) is 6.20 Å². The number of carbonyl (C=O) groups is 1. The zero-order valence-corrected chi connectivity index (χ0v) is 8.71. The van der Waals surface area contributed by atoms with Crippen LogP contribution in [0.25, 0.3) is 0 Å². The van der Waals surface area contributed by atoms with Crippen LogP contribution in [-0.2, 0) is 4.79 Å². The third kappa shape index (κ3) is 10.8. The number of hydrogen-bond donors (Lipinski definition) is 1. The molecule has 0 bridgehead atoms. The van der Waals surface area contributed by atoms with Crippen molar-refractivity contribution < 1.29 is 9.90 Å². The predicted octanol–water partition coefficient (Wildman–Crippen LogP) is 2.12. The van der Waals surface area contributed by atoms with Crippen LogP contribution in [0.4, 0.5) is 0 Å². The second-order valence-electron chi connectivity index (χ2n) is 2.49. The summed E-state index contributed by atoms with van der Waals surface area (Å²) in [5.74, 6) is -0.935. The minimum Gasteiger partial charge on any atom is -0.478 e. The number of carboxylic acids is 1.